The summed E-state index contributed by atoms with van der Waals surface area (Å²) in [7, 11) is 0. The lowest BCUT2D eigenvalue weighted by Crippen LogP contribution is -2.17. The maximum atomic E-state index is 5.79. The van der Waals surface area contributed by atoms with E-state index in [1.807, 2.05) is 0 Å². The Kier molecular flexibility index (Phi) is 2.01. The average Bonchev–Trinajstić information content (AvgIpc) is 2.27. The largest absolute Gasteiger partial charge is 0.374 e. The van der Waals surface area contributed by atoms with Gasteiger partial charge in [0, 0.05) is 4.83 Å². The van der Waals surface area contributed by atoms with Crippen LogP contribution in [0.25, 0.3) is 0 Å². The van der Waals surface area contributed by atoms with E-state index in [1.54, 1.807) is 0 Å². The quantitative estimate of drug-likeness (QED) is 0.552. The van der Waals surface area contributed by atoms with Crippen LogP contribution in [0.4, 0.5) is 0 Å². The topological polar surface area (TPSA) is 9.23 Å². The molecule has 1 nitrogen and oxygen atoms in total. The van der Waals surface area contributed by atoms with Gasteiger partial charge in [-0.3, -0.25) is 0 Å². The van der Waals surface area contributed by atoms with E-state index >= 15 is 0 Å². The molecule has 0 amide bonds. The molecule has 0 aromatic rings. The summed E-state index contributed by atoms with van der Waals surface area (Å²) in [4.78, 5) is 0.639. The van der Waals surface area contributed by atoms with Crippen LogP contribution in [0.3, 0.4) is 0 Å². The minimum Gasteiger partial charge on any atom is -0.374 e. The molecule has 0 spiro atoms. The molecule has 0 saturated carbocycles. The van der Waals surface area contributed by atoms with Gasteiger partial charge < -0.3 is 4.74 Å². The molecule has 0 radical (unpaired) electrons. The fourth-order valence-corrected chi connectivity index (χ4v) is 2.65. The zero-order valence-corrected chi connectivity index (χ0v) is 7.64. The third-order valence-electron chi connectivity index (χ3n) is 2.55. The molecule has 58 valence electrons. The van der Waals surface area contributed by atoms with Gasteiger partial charge in [-0.1, -0.05) is 15.9 Å². The molecule has 2 bridgehead atoms. The Morgan fingerprint density at radius 3 is 2.90 bits per heavy atom. The van der Waals surface area contributed by atoms with Gasteiger partial charge in [0.05, 0.1) is 12.2 Å². The van der Waals surface area contributed by atoms with Crippen LogP contribution in [0, 0.1) is 0 Å². The normalized spacial score (nSPS) is 47.1. The standard InChI is InChI=1S/C8H13BrO/c9-7-3-1-2-6-4-5-8(7)10-6/h6-8H,1-5H2/t6?,7-,8+/m1/s1. The minimum absolute atomic E-state index is 0.535. The summed E-state index contributed by atoms with van der Waals surface area (Å²) in [5.74, 6) is 0. The first-order valence-electron chi connectivity index (χ1n) is 4.16. The van der Waals surface area contributed by atoms with Crippen LogP contribution in [0.1, 0.15) is 32.1 Å². The summed E-state index contributed by atoms with van der Waals surface area (Å²) in [5, 5.41) is 0. The van der Waals surface area contributed by atoms with Crippen LogP contribution in [0.15, 0.2) is 0 Å². The van der Waals surface area contributed by atoms with Crippen molar-refractivity contribution in [2.45, 2.75) is 49.1 Å². The second kappa shape index (κ2) is 2.82. The summed E-state index contributed by atoms with van der Waals surface area (Å²) in [6, 6.07) is 0. The highest BCUT2D eigenvalue weighted by Gasteiger charge is 2.32. The van der Waals surface area contributed by atoms with E-state index in [0.717, 1.165) is 0 Å². The van der Waals surface area contributed by atoms with Gasteiger partial charge in [-0.15, -0.1) is 0 Å². The van der Waals surface area contributed by atoms with Crippen molar-refractivity contribution in [3.8, 4) is 0 Å². The van der Waals surface area contributed by atoms with Crippen molar-refractivity contribution in [3.05, 3.63) is 0 Å². The molecule has 2 fully saturated rings. The molecule has 0 aromatic carbocycles. The molecular formula is C8H13BrO. The highest BCUT2D eigenvalue weighted by molar-refractivity contribution is 9.09. The Labute approximate surface area is 70.3 Å². The Morgan fingerprint density at radius 1 is 1.10 bits per heavy atom. The molecule has 0 aromatic heterocycles. The zero-order valence-electron chi connectivity index (χ0n) is 6.05. The number of ether oxygens (including phenoxy) is 1. The first kappa shape index (κ1) is 7.11. The van der Waals surface area contributed by atoms with Gasteiger partial charge in [-0.2, -0.15) is 0 Å². The first-order chi connectivity index (χ1) is 4.86. The van der Waals surface area contributed by atoms with Crippen molar-refractivity contribution in [2.24, 2.45) is 0 Å². The van der Waals surface area contributed by atoms with Crippen molar-refractivity contribution in [2.75, 3.05) is 0 Å². The summed E-state index contributed by atoms with van der Waals surface area (Å²) in [6.45, 7) is 0. The molecule has 2 heterocycles. The number of fused-ring (bicyclic) bond motifs is 2. The predicted molar refractivity (Wildman–Crippen MR) is 44.5 cm³/mol. The second-order valence-electron chi connectivity index (χ2n) is 3.32. The third kappa shape index (κ3) is 1.24. The van der Waals surface area contributed by atoms with Crippen LogP contribution in [-0.2, 0) is 4.74 Å². The monoisotopic (exact) mass is 204 g/mol. The van der Waals surface area contributed by atoms with Crippen LogP contribution in [0.2, 0.25) is 0 Å². The van der Waals surface area contributed by atoms with Crippen LogP contribution >= 0.6 is 15.9 Å². The molecule has 2 saturated heterocycles. The fraction of sp³-hybridized carbons (Fsp3) is 1.00. The van der Waals surface area contributed by atoms with Gasteiger partial charge in [0.25, 0.3) is 0 Å². The molecule has 0 N–H and O–H groups in total. The number of rotatable bonds is 0. The van der Waals surface area contributed by atoms with Gasteiger partial charge in [0.1, 0.15) is 0 Å². The van der Waals surface area contributed by atoms with Gasteiger partial charge >= 0.3 is 0 Å². The Bertz CT molecular complexity index is 126. The lowest BCUT2D eigenvalue weighted by Gasteiger charge is -2.13. The molecule has 2 rings (SSSR count). The number of alkyl halides is 1. The minimum atomic E-state index is 0.535. The van der Waals surface area contributed by atoms with Crippen LogP contribution in [-0.4, -0.2) is 17.0 Å². The molecule has 2 aliphatic heterocycles. The van der Waals surface area contributed by atoms with E-state index in [9.17, 15) is 0 Å². The Morgan fingerprint density at radius 2 is 2.00 bits per heavy atom. The van der Waals surface area contributed by atoms with Crippen molar-refractivity contribution < 1.29 is 4.74 Å². The van der Waals surface area contributed by atoms with E-state index < -0.39 is 0 Å². The lowest BCUT2D eigenvalue weighted by atomic mass is 10.0. The smallest absolute Gasteiger partial charge is 0.0704 e. The summed E-state index contributed by atoms with van der Waals surface area (Å²) < 4.78 is 5.79. The van der Waals surface area contributed by atoms with E-state index in [4.69, 9.17) is 4.74 Å². The molecule has 3 atom stereocenters. The lowest BCUT2D eigenvalue weighted by molar-refractivity contribution is 0.0535. The predicted octanol–water partition coefficient (Wildman–Crippen LogP) is 2.48. The summed E-state index contributed by atoms with van der Waals surface area (Å²) >= 11 is 3.67. The number of halogens is 1. The van der Waals surface area contributed by atoms with Crippen LogP contribution in [0.5, 0.6) is 0 Å². The molecule has 2 heteroatoms. The molecular weight excluding hydrogens is 192 g/mol. The van der Waals surface area contributed by atoms with Crippen molar-refractivity contribution in [1.29, 1.82) is 0 Å². The van der Waals surface area contributed by atoms with Crippen molar-refractivity contribution in [3.63, 3.8) is 0 Å². The van der Waals surface area contributed by atoms with Crippen molar-refractivity contribution in [1.82, 2.24) is 0 Å². The molecule has 2 aliphatic rings. The molecule has 1 unspecified atom stereocenters. The zero-order chi connectivity index (χ0) is 6.97. The maximum Gasteiger partial charge on any atom is 0.0704 e. The maximum absolute atomic E-state index is 5.79. The van der Waals surface area contributed by atoms with E-state index in [-0.39, 0.29) is 0 Å². The van der Waals surface area contributed by atoms with Gasteiger partial charge in [-0.25, -0.2) is 0 Å². The molecule has 0 aliphatic carbocycles. The summed E-state index contributed by atoms with van der Waals surface area (Å²) in [6.07, 6.45) is 7.66. The highest BCUT2D eigenvalue weighted by atomic mass is 79.9. The molecule has 10 heavy (non-hydrogen) atoms. The number of hydrogen-bond acceptors (Lipinski definition) is 1. The third-order valence-corrected chi connectivity index (χ3v) is 3.60. The SMILES string of the molecule is Br[C@@H]1CCCC2CC[C@@H]1O2. The first-order valence-corrected chi connectivity index (χ1v) is 5.07. The van der Waals surface area contributed by atoms with E-state index in [2.05, 4.69) is 15.9 Å². The average molecular weight is 205 g/mol. The fourth-order valence-electron chi connectivity index (χ4n) is 1.94. The summed E-state index contributed by atoms with van der Waals surface area (Å²) in [5.41, 5.74) is 0. The number of hydrogen-bond donors (Lipinski definition) is 0. The highest BCUT2D eigenvalue weighted by Crippen LogP contribution is 2.34. The Hall–Kier alpha value is 0.440. The van der Waals surface area contributed by atoms with E-state index in [1.165, 1.54) is 32.1 Å². The van der Waals surface area contributed by atoms with Gasteiger partial charge in [0.15, 0.2) is 0 Å². The Balaban J connectivity index is 2.03. The van der Waals surface area contributed by atoms with Gasteiger partial charge in [0.2, 0.25) is 0 Å². The second-order valence-corrected chi connectivity index (χ2v) is 4.50. The van der Waals surface area contributed by atoms with Crippen LogP contribution < -0.4 is 0 Å². The van der Waals surface area contributed by atoms with Gasteiger partial charge in [-0.05, 0) is 32.1 Å². The van der Waals surface area contributed by atoms with E-state index in [0.29, 0.717) is 17.0 Å². The van der Waals surface area contributed by atoms with Crippen molar-refractivity contribution >= 4 is 15.9 Å².